The lowest BCUT2D eigenvalue weighted by Crippen LogP contribution is -2.31. The molecule has 126 valence electrons. The van der Waals surface area contributed by atoms with E-state index in [9.17, 15) is 4.79 Å². The van der Waals surface area contributed by atoms with Gasteiger partial charge in [0.25, 0.3) is 5.91 Å². The minimum Gasteiger partial charge on any atom is -0.497 e. The van der Waals surface area contributed by atoms with Crippen LogP contribution in [-0.2, 0) is 20.0 Å². The van der Waals surface area contributed by atoms with Gasteiger partial charge in [0.2, 0.25) is 0 Å². The summed E-state index contributed by atoms with van der Waals surface area (Å²) in [5, 5.41) is 4.53. The molecule has 0 saturated heterocycles. The Kier molecular flexibility index (Phi) is 3.79. The first kappa shape index (κ1) is 15.2. The highest BCUT2D eigenvalue weighted by atomic mass is 16.5. The van der Waals surface area contributed by atoms with Gasteiger partial charge in [-0.25, -0.2) is 0 Å². The summed E-state index contributed by atoms with van der Waals surface area (Å²) >= 11 is 0. The quantitative estimate of drug-likeness (QED) is 0.872. The van der Waals surface area contributed by atoms with Crippen molar-refractivity contribution in [3.63, 3.8) is 0 Å². The molecule has 2 heterocycles. The largest absolute Gasteiger partial charge is 0.497 e. The maximum Gasteiger partial charge on any atom is 0.257 e. The maximum absolute atomic E-state index is 13.1. The Balaban J connectivity index is 1.61. The second-order valence-corrected chi connectivity index (χ2v) is 6.84. The summed E-state index contributed by atoms with van der Waals surface area (Å²) in [7, 11) is 3.59. The number of rotatable bonds is 3. The third kappa shape index (κ3) is 2.79. The van der Waals surface area contributed by atoms with Crippen LogP contribution < -0.4 is 4.74 Å². The number of carbonyl (C=O) groups excluding carboxylic acids is 1. The van der Waals surface area contributed by atoms with Gasteiger partial charge in [-0.15, -0.1) is 0 Å². The van der Waals surface area contributed by atoms with Crippen molar-refractivity contribution >= 4 is 5.91 Å². The Labute approximate surface area is 142 Å². The number of fused-ring (bicyclic) bond motifs is 1. The average molecular weight is 325 g/mol. The summed E-state index contributed by atoms with van der Waals surface area (Å²) in [6.45, 7) is 1.45. The van der Waals surface area contributed by atoms with Crippen LogP contribution in [0.25, 0.3) is 0 Å². The summed E-state index contributed by atoms with van der Waals surface area (Å²) in [4.78, 5) is 15.1. The molecule has 1 aliphatic carbocycles. The van der Waals surface area contributed by atoms with E-state index in [2.05, 4.69) is 17.2 Å². The Morgan fingerprint density at radius 3 is 2.88 bits per heavy atom. The van der Waals surface area contributed by atoms with E-state index in [4.69, 9.17) is 4.74 Å². The summed E-state index contributed by atoms with van der Waals surface area (Å²) in [6, 6.07) is 6.17. The van der Waals surface area contributed by atoms with E-state index in [1.807, 2.05) is 24.2 Å². The van der Waals surface area contributed by atoms with Gasteiger partial charge >= 0.3 is 0 Å². The monoisotopic (exact) mass is 325 g/mol. The Morgan fingerprint density at radius 2 is 2.12 bits per heavy atom. The topological polar surface area (TPSA) is 47.4 Å². The molecule has 0 atom stereocenters. The van der Waals surface area contributed by atoms with E-state index >= 15 is 0 Å². The van der Waals surface area contributed by atoms with Gasteiger partial charge in [0.05, 0.1) is 18.4 Å². The zero-order chi connectivity index (χ0) is 16.7. The molecule has 1 amide bonds. The zero-order valence-corrected chi connectivity index (χ0v) is 14.3. The van der Waals surface area contributed by atoms with Crippen molar-refractivity contribution in [1.29, 1.82) is 0 Å². The van der Waals surface area contributed by atoms with Crippen LogP contribution in [0.5, 0.6) is 5.75 Å². The highest BCUT2D eigenvalue weighted by Crippen LogP contribution is 2.41. The third-order valence-corrected chi connectivity index (χ3v) is 4.99. The molecule has 1 saturated carbocycles. The fourth-order valence-corrected chi connectivity index (χ4v) is 3.53. The molecule has 5 heteroatoms. The standard InChI is InChI=1S/C19H23N3O2/c1-21-12-17(18(20-21)13-5-6-13)19(23)22-9-3-4-14-10-16(24-2)8-7-15(14)11-22/h7-8,10,12-13H,3-6,9,11H2,1-2H3. The van der Waals surface area contributed by atoms with Gasteiger partial charge in [-0.2, -0.15) is 5.10 Å². The number of aromatic nitrogens is 2. The van der Waals surface area contributed by atoms with E-state index in [0.717, 1.165) is 49.2 Å². The van der Waals surface area contributed by atoms with Crippen molar-refractivity contribution in [3.05, 3.63) is 46.8 Å². The molecule has 2 aromatic rings. The molecular weight excluding hydrogens is 302 g/mol. The summed E-state index contributed by atoms with van der Waals surface area (Å²) in [5.74, 6) is 1.49. The van der Waals surface area contributed by atoms with Crippen molar-refractivity contribution in [2.45, 2.75) is 38.1 Å². The number of nitrogens with zero attached hydrogens (tertiary/aromatic N) is 3. The molecule has 1 aromatic carbocycles. The van der Waals surface area contributed by atoms with E-state index in [-0.39, 0.29) is 5.91 Å². The van der Waals surface area contributed by atoms with Crippen molar-refractivity contribution in [1.82, 2.24) is 14.7 Å². The molecule has 1 aromatic heterocycles. The van der Waals surface area contributed by atoms with Crippen LogP contribution >= 0.6 is 0 Å². The van der Waals surface area contributed by atoms with Crippen LogP contribution in [0.3, 0.4) is 0 Å². The van der Waals surface area contributed by atoms with E-state index in [0.29, 0.717) is 12.5 Å². The van der Waals surface area contributed by atoms with Crippen molar-refractivity contribution in [3.8, 4) is 5.75 Å². The first-order chi connectivity index (χ1) is 11.7. The fraction of sp³-hybridized carbons (Fsp3) is 0.474. The van der Waals surface area contributed by atoms with E-state index in [1.165, 1.54) is 11.1 Å². The van der Waals surface area contributed by atoms with Gasteiger partial charge in [-0.3, -0.25) is 9.48 Å². The highest BCUT2D eigenvalue weighted by molar-refractivity contribution is 5.95. The molecule has 0 radical (unpaired) electrons. The van der Waals surface area contributed by atoms with Crippen LogP contribution in [0.2, 0.25) is 0 Å². The van der Waals surface area contributed by atoms with Crippen molar-refractivity contribution < 1.29 is 9.53 Å². The Bertz CT molecular complexity index is 777. The first-order valence-electron chi connectivity index (χ1n) is 8.64. The number of ether oxygens (including phenoxy) is 1. The van der Waals surface area contributed by atoms with Gasteiger partial charge in [-0.05, 0) is 48.9 Å². The maximum atomic E-state index is 13.1. The van der Waals surface area contributed by atoms with Crippen LogP contribution in [-0.4, -0.2) is 34.2 Å². The van der Waals surface area contributed by atoms with Crippen LogP contribution in [0.4, 0.5) is 0 Å². The first-order valence-corrected chi connectivity index (χ1v) is 8.64. The fourth-order valence-electron chi connectivity index (χ4n) is 3.53. The summed E-state index contributed by atoms with van der Waals surface area (Å²) in [6.07, 6.45) is 6.15. The Hall–Kier alpha value is -2.30. The number of methoxy groups -OCH3 is 1. The molecule has 24 heavy (non-hydrogen) atoms. The molecule has 5 nitrogen and oxygen atoms in total. The van der Waals surface area contributed by atoms with E-state index in [1.54, 1.807) is 11.8 Å². The average Bonchev–Trinajstić information content (AvgIpc) is 3.38. The predicted molar refractivity (Wildman–Crippen MR) is 91.2 cm³/mol. The second kappa shape index (κ2) is 5.96. The summed E-state index contributed by atoms with van der Waals surface area (Å²) < 4.78 is 7.10. The Morgan fingerprint density at radius 1 is 1.29 bits per heavy atom. The SMILES string of the molecule is COc1ccc2c(c1)CCCN(C(=O)c1cn(C)nc1C1CC1)C2. The molecule has 0 N–H and O–H groups in total. The van der Waals surface area contributed by atoms with Gasteiger partial charge in [-0.1, -0.05) is 6.07 Å². The lowest BCUT2D eigenvalue weighted by Gasteiger charge is -2.21. The van der Waals surface area contributed by atoms with Crippen molar-refractivity contribution in [2.75, 3.05) is 13.7 Å². The van der Waals surface area contributed by atoms with Gasteiger partial charge < -0.3 is 9.64 Å². The minimum atomic E-state index is 0.119. The normalized spacial score (nSPS) is 17.3. The lowest BCUT2D eigenvalue weighted by molar-refractivity contribution is 0.0744. The number of benzene rings is 1. The minimum absolute atomic E-state index is 0.119. The number of amides is 1. The van der Waals surface area contributed by atoms with Gasteiger partial charge in [0.1, 0.15) is 5.75 Å². The van der Waals surface area contributed by atoms with Gasteiger partial charge in [0.15, 0.2) is 0 Å². The lowest BCUT2D eigenvalue weighted by atomic mass is 10.0. The van der Waals surface area contributed by atoms with Crippen LogP contribution in [0, 0.1) is 0 Å². The molecule has 0 bridgehead atoms. The predicted octanol–water partition coefficient (Wildman–Crippen LogP) is 2.89. The molecule has 0 spiro atoms. The second-order valence-electron chi connectivity index (χ2n) is 6.84. The summed E-state index contributed by atoms with van der Waals surface area (Å²) in [5.41, 5.74) is 4.29. The molecule has 4 rings (SSSR count). The molecule has 1 aliphatic heterocycles. The van der Waals surface area contributed by atoms with Gasteiger partial charge in [0, 0.05) is 32.3 Å². The molecular formula is C19H23N3O2. The number of hydrogen-bond acceptors (Lipinski definition) is 3. The number of carbonyl (C=O) groups is 1. The molecule has 2 aliphatic rings. The highest BCUT2D eigenvalue weighted by Gasteiger charge is 2.33. The molecule has 0 unspecified atom stereocenters. The number of aryl methyl sites for hydroxylation is 2. The van der Waals surface area contributed by atoms with Crippen LogP contribution in [0.1, 0.15) is 52.4 Å². The van der Waals surface area contributed by atoms with E-state index < -0.39 is 0 Å². The van der Waals surface area contributed by atoms with Crippen molar-refractivity contribution in [2.24, 2.45) is 7.05 Å². The third-order valence-electron chi connectivity index (χ3n) is 4.99. The smallest absolute Gasteiger partial charge is 0.257 e. The van der Waals surface area contributed by atoms with Crippen LogP contribution in [0.15, 0.2) is 24.4 Å². The number of hydrogen-bond donors (Lipinski definition) is 0. The zero-order valence-electron chi connectivity index (χ0n) is 14.3. The molecule has 1 fully saturated rings.